The maximum Gasteiger partial charge on any atom is 0.234 e. The van der Waals surface area contributed by atoms with Crippen molar-refractivity contribution in [2.24, 2.45) is 9.98 Å². The Balaban J connectivity index is 1.48. The van der Waals surface area contributed by atoms with Crippen molar-refractivity contribution < 1.29 is 9.59 Å². The topological polar surface area (TPSA) is 70.9 Å². The second-order valence-corrected chi connectivity index (χ2v) is 8.61. The SMILES string of the molecule is CC(=O)c1ccc(NC(=O)CSC2=Nc3ccccc3N=C(c3ccc(C)cc3)C2)cc1. The maximum atomic E-state index is 12.5. The van der Waals surface area contributed by atoms with Crippen molar-refractivity contribution in [3.05, 3.63) is 89.5 Å². The van der Waals surface area contributed by atoms with Crippen LogP contribution in [0.5, 0.6) is 0 Å². The summed E-state index contributed by atoms with van der Waals surface area (Å²) in [5.74, 6) is 0.104. The van der Waals surface area contributed by atoms with Crippen molar-refractivity contribution in [1.82, 2.24) is 0 Å². The minimum absolute atomic E-state index is 0.00358. The summed E-state index contributed by atoms with van der Waals surface area (Å²) in [5.41, 5.74) is 6.09. The highest BCUT2D eigenvalue weighted by molar-refractivity contribution is 8.14. The van der Waals surface area contributed by atoms with Gasteiger partial charge in [0, 0.05) is 17.7 Å². The van der Waals surface area contributed by atoms with Gasteiger partial charge in [-0.05, 0) is 55.8 Å². The molecule has 32 heavy (non-hydrogen) atoms. The number of nitrogens with one attached hydrogen (secondary N) is 1. The summed E-state index contributed by atoms with van der Waals surface area (Å²) >= 11 is 1.41. The summed E-state index contributed by atoms with van der Waals surface area (Å²) in [7, 11) is 0. The van der Waals surface area contributed by atoms with Gasteiger partial charge in [0.25, 0.3) is 0 Å². The number of ketones is 1. The van der Waals surface area contributed by atoms with Crippen LogP contribution < -0.4 is 5.32 Å². The van der Waals surface area contributed by atoms with Gasteiger partial charge in [-0.1, -0.05) is 42.0 Å². The van der Waals surface area contributed by atoms with Crippen LogP contribution in [-0.2, 0) is 4.79 Å². The van der Waals surface area contributed by atoms with Crippen molar-refractivity contribution >= 4 is 51.3 Å². The van der Waals surface area contributed by atoms with E-state index in [2.05, 4.69) is 36.5 Å². The van der Waals surface area contributed by atoms with E-state index in [4.69, 9.17) is 9.98 Å². The molecule has 1 N–H and O–H groups in total. The number of carbonyl (C=O) groups excluding carboxylic acids is 2. The molecule has 160 valence electrons. The smallest absolute Gasteiger partial charge is 0.234 e. The Hall–Kier alpha value is -3.51. The first-order valence-electron chi connectivity index (χ1n) is 10.3. The number of para-hydroxylation sites is 2. The van der Waals surface area contributed by atoms with Crippen LogP contribution in [0.1, 0.15) is 34.8 Å². The average molecular weight is 442 g/mol. The summed E-state index contributed by atoms with van der Waals surface area (Å²) in [6.45, 7) is 3.58. The number of benzene rings is 3. The van der Waals surface area contributed by atoms with E-state index in [0.717, 1.165) is 27.7 Å². The van der Waals surface area contributed by atoms with Crippen LogP contribution in [0.2, 0.25) is 0 Å². The van der Waals surface area contributed by atoms with E-state index in [-0.39, 0.29) is 17.4 Å². The highest BCUT2D eigenvalue weighted by Gasteiger charge is 2.16. The summed E-state index contributed by atoms with van der Waals surface area (Å²) in [4.78, 5) is 33.6. The first kappa shape index (κ1) is 21.7. The molecular weight excluding hydrogens is 418 g/mol. The van der Waals surface area contributed by atoms with Gasteiger partial charge in [0.15, 0.2) is 5.78 Å². The fraction of sp³-hybridized carbons (Fsp3) is 0.154. The highest BCUT2D eigenvalue weighted by atomic mass is 32.2. The Kier molecular flexibility index (Phi) is 6.61. The molecular formula is C26H23N3O2S. The fourth-order valence-corrected chi connectivity index (χ4v) is 4.06. The van der Waals surface area contributed by atoms with Crippen LogP contribution in [0.3, 0.4) is 0 Å². The number of rotatable bonds is 5. The van der Waals surface area contributed by atoms with Gasteiger partial charge in [-0.2, -0.15) is 0 Å². The number of amides is 1. The molecule has 0 spiro atoms. The molecule has 6 heteroatoms. The molecule has 3 aromatic carbocycles. The number of carbonyl (C=O) groups is 2. The molecule has 4 rings (SSSR count). The molecule has 0 aromatic heterocycles. The molecule has 0 saturated heterocycles. The second kappa shape index (κ2) is 9.75. The standard InChI is InChI=1S/C26H23N3O2S/c1-17-7-9-20(10-8-17)24-15-26(29-23-6-4-3-5-22(23)28-24)32-16-25(31)27-21-13-11-19(12-14-21)18(2)30/h3-14H,15-16H2,1-2H3,(H,27,31). The highest BCUT2D eigenvalue weighted by Crippen LogP contribution is 2.33. The number of hydrogen-bond acceptors (Lipinski definition) is 5. The monoisotopic (exact) mass is 441 g/mol. The Morgan fingerprint density at radius 1 is 0.906 bits per heavy atom. The Morgan fingerprint density at radius 2 is 1.56 bits per heavy atom. The lowest BCUT2D eigenvalue weighted by Crippen LogP contribution is -2.16. The Labute approximate surface area is 191 Å². The Morgan fingerprint density at radius 3 is 2.22 bits per heavy atom. The molecule has 0 fully saturated rings. The molecule has 0 radical (unpaired) electrons. The molecule has 0 atom stereocenters. The van der Waals surface area contributed by atoms with Gasteiger partial charge in [-0.25, -0.2) is 4.99 Å². The molecule has 3 aromatic rings. The molecule has 0 saturated carbocycles. The van der Waals surface area contributed by atoms with E-state index in [9.17, 15) is 9.59 Å². The zero-order chi connectivity index (χ0) is 22.5. The van der Waals surface area contributed by atoms with Crippen molar-refractivity contribution in [3.8, 4) is 0 Å². The third-order valence-electron chi connectivity index (χ3n) is 5.03. The van der Waals surface area contributed by atoms with Crippen LogP contribution in [0.15, 0.2) is 82.8 Å². The average Bonchev–Trinajstić information content (AvgIpc) is 2.98. The van der Waals surface area contributed by atoms with Gasteiger partial charge in [0.1, 0.15) is 0 Å². The summed E-state index contributed by atoms with van der Waals surface area (Å²) in [6.07, 6.45) is 0.559. The van der Waals surface area contributed by atoms with Gasteiger partial charge in [-0.15, -0.1) is 11.8 Å². The second-order valence-electron chi connectivity index (χ2n) is 7.57. The third-order valence-corrected chi connectivity index (χ3v) is 6.01. The van der Waals surface area contributed by atoms with Crippen LogP contribution in [0.4, 0.5) is 17.1 Å². The Bertz CT molecular complexity index is 1210. The molecule has 0 aliphatic carbocycles. The lowest BCUT2D eigenvalue weighted by atomic mass is 10.1. The number of fused-ring (bicyclic) bond motifs is 1. The number of anilines is 1. The number of aliphatic imine (C=N–C) groups is 2. The van der Waals surface area contributed by atoms with E-state index in [1.54, 1.807) is 24.3 Å². The normalized spacial score (nSPS) is 12.8. The molecule has 1 aliphatic heterocycles. The predicted octanol–water partition coefficient (Wildman–Crippen LogP) is 6.12. The predicted molar refractivity (Wildman–Crippen MR) is 133 cm³/mol. The van der Waals surface area contributed by atoms with Crippen LogP contribution in [0, 0.1) is 6.92 Å². The molecule has 0 unspecified atom stereocenters. The van der Waals surface area contributed by atoms with E-state index < -0.39 is 0 Å². The number of thioether (sulfide) groups is 1. The third kappa shape index (κ3) is 5.39. The molecule has 1 heterocycles. The lowest BCUT2D eigenvalue weighted by Gasteiger charge is -2.09. The quantitative estimate of drug-likeness (QED) is 0.485. The zero-order valence-electron chi connectivity index (χ0n) is 18.0. The van der Waals surface area contributed by atoms with Crippen LogP contribution in [0.25, 0.3) is 0 Å². The largest absolute Gasteiger partial charge is 0.325 e. The van der Waals surface area contributed by atoms with Crippen LogP contribution in [-0.4, -0.2) is 28.2 Å². The van der Waals surface area contributed by atoms with Gasteiger partial charge in [-0.3, -0.25) is 14.6 Å². The molecule has 5 nitrogen and oxygen atoms in total. The molecule has 0 bridgehead atoms. The van der Waals surface area contributed by atoms with E-state index in [0.29, 0.717) is 17.7 Å². The number of nitrogens with zero attached hydrogens (tertiary/aromatic N) is 2. The molecule has 1 aliphatic rings. The van der Waals surface area contributed by atoms with E-state index >= 15 is 0 Å². The van der Waals surface area contributed by atoms with Crippen molar-refractivity contribution in [1.29, 1.82) is 0 Å². The van der Waals surface area contributed by atoms with Gasteiger partial charge >= 0.3 is 0 Å². The van der Waals surface area contributed by atoms with Gasteiger partial charge in [0.2, 0.25) is 5.91 Å². The number of hydrogen-bond donors (Lipinski definition) is 1. The fourth-order valence-electron chi connectivity index (χ4n) is 3.29. The minimum atomic E-state index is -0.125. The summed E-state index contributed by atoms with van der Waals surface area (Å²) < 4.78 is 0. The first-order valence-corrected chi connectivity index (χ1v) is 11.3. The maximum absolute atomic E-state index is 12.5. The number of Topliss-reactive ketones (excluding diaryl/α,β-unsaturated/α-hetero) is 1. The molecule has 1 amide bonds. The van der Waals surface area contributed by atoms with Gasteiger partial charge < -0.3 is 5.32 Å². The van der Waals surface area contributed by atoms with E-state index in [1.807, 2.05) is 24.3 Å². The number of aryl methyl sites for hydroxylation is 1. The van der Waals surface area contributed by atoms with Crippen molar-refractivity contribution in [3.63, 3.8) is 0 Å². The zero-order valence-corrected chi connectivity index (χ0v) is 18.8. The van der Waals surface area contributed by atoms with Crippen molar-refractivity contribution in [2.45, 2.75) is 20.3 Å². The lowest BCUT2D eigenvalue weighted by molar-refractivity contribution is -0.113. The van der Waals surface area contributed by atoms with Crippen molar-refractivity contribution in [2.75, 3.05) is 11.1 Å². The van der Waals surface area contributed by atoms with Crippen LogP contribution >= 0.6 is 11.8 Å². The van der Waals surface area contributed by atoms with E-state index in [1.165, 1.54) is 24.2 Å². The summed E-state index contributed by atoms with van der Waals surface area (Å²) in [6, 6.07) is 23.0. The summed E-state index contributed by atoms with van der Waals surface area (Å²) in [5, 5.41) is 3.72. The van der Waals surface area contributed by atoms with Gasteiger partial charge in [0.05, 0.1) is 27.9 Å². The first-order chi connectivity index (χ1) is 15.5. The minimum Gasteiger partial charge on any atom is -0.325 e.